The summed E-state index contributed by atoms with van der Waals surface area (Å²) in [4.78, 5) is 24.5. The van der Waals surface area contributed by atoms with Crippen molar-refractivity contribution in [2.24, 2.45) is 0 Å². The fourth-order valence-electron chi connectivity index (χ4n) is 2.88. The average Bonchev–Trinajstić information content (AvgIpc) is 2.62. The Labute approximate surface area is 159 Å². The van der Waals surface area contributed by atoms with Gasteiger partial charge in [0.15, 0.2) is 0 Å². The van der Waals surface area contributed by atoms with Gasteiger partial charge in [0.1, 0.15) is 0 Å². The van der Waals surface area contributed by atoms with Gasteiger partial charge in [0.2, 0.25) is 5.91 Å². The topological polar surface area (TPSA) is 58.2 Å². The molecule has 0 radical (unpaired) electrons. The molecule has 0 atom stereocenters. The molecule has 2 aromatic rings. The van der Waals surface area contributed by atoms with Crippen LogP contribution >= 0.6 is 11.6 Å². The van der Waals surface area contributed by atoms with Gasteiger partial charge in [-0.25, -0.2) is 0 Å². The molecular weight excluding hydrogens is 348 g/mol. The van der Waals surface area contributed by atoms with Gasteiger partial charge in [-0.1, -0.05) is 49.7 Å². The lowest BCUT2D eigenvalue weighted by molar-refractivity contribution is -0.116. The van der Waals surface area contributed by atoms with Crippen molar-refractivity contribution in [3.8, 4) is 0 Å². The molecule has 26 heavy (non-hydrogen) atoms. The van der Waals surface area contributed by atoms with Gasteiger partial charge in [-0.15, -0.1) is 0 Å². The Bertz CT molecular complexity index is 803. The Balaban J connectivity index is 1.97. The fraction of sp³-hybridized carbons (Fsp3) is 0.333. The van der Waals surface area contributed by atoms with Gasteiger partial charge in [-0.3, -0.25) is 9.59 Å². The average molecular weight is 373 g/mol. The fourth-order valence-corrected chi connectivity index (χ4v) is 3.17. The molecule has 4 nitrogen and oxygen atoms in total. The van der Waals surface area contributed by atoms with Crippen molar-refractivity contribution >= 4 is 29.1 Å². The molecular formula is C21H25ClN2O2. The molecule has 0 spiro atoms. The molecule has 0 saturated heterocycles. The van der Waals surface area contributed by atoms with Gasteiger partial charge in [0.25, 0.3) is 5.91 Å². The Morgan fingerprint density at radius 1 is 1.04 bits per heavy atom. The summed E-state index contributed by atoms with van der Waals surface area (Å²) >= 11 is 6.26. The van der Waals surface area contributed by atoms with Crippen molar-refractivity contribution < 1.29 is 9.59 Å². The van der Waals surface area contributed by atoms with Gasteiger partial charge >= 0.3 is 0 Å². The summed E-state index contributed by atoms with van der Waals surface area (Å²) in [5.41, 5.74) is 4.35. The Morgan fingerprint density at radius 3 is 2.42 bits per heavy atom. The summed E-state index contributed by atoms with van der Waals surface area (Å²) in [6.07, 6.45) is 1.76. The number of rotatable bonds is 7. The van der Waals surface area contributed by atoms with Crippen LogP contribution < -0.4 is 10.6 Å². The van der Waals surface area contributed by atoms with Crippen molar-refractivity contribution in [2.45, 2.75) is 40.0 Å². The molecule has 0 aliphatic heterocycles. The van der Waals surface area contributed by atoms with Crippen molar-refractivity contribution in [2.75, 3.05) is 11.9 Å². The van der Waals surface area contributed by atoms with E-state index in [1.807, 2.05) is 51.1 Å². The lowest BCUT2D eigenvalue weighted by Crippen LogP contribution is -2.28. The van der Waals surface area contributed by atoms with E-state index >= 15 is 0 Å². The minimum Gasteiger partial charge on any atom is -0.352 e. The second-order valence-corrected chi connectivity index (χ2v) is 6.54. The van der Waals surface area contributed by atoms with Crippen LogP contribution in [0.15, 0.2) is 36.4 Å². The van der Waals surface area contributed by atoms with Crippen LogP contribution in [0.1, 0.15) is 47.3 Å². The van der Waals surface area contributed by atoms with Crippen LogP contribution in [0.5, 0.6) is 0 Å². The van der Waals surface area contributed by atoms with Crippen LogP contribution in [0.3, 0.4) is 0 Å². The number of hydrogen-bond acceptors (Lipinski definition) is 2. The smallest absolute Gasteiger partial charge is 0.251 e. The summed E-state index contributed by atoms with van der Waals surface area (Å²) < 4.78 is 0. The Morgan fingerprint density at radius 2 is 1.77 bits per heavy atom. The normalized spacial score (nSPS) is 10.5. The maximum Gasteiger partial charge on any atom is 0.251 e. The van der Waals surface area contributed by atoms with Crippen molar-refractivity contribution in [3.63, 3.8) is 0 Å². The van der Waals surface area contributed by atoms with E-state index in [9.17, 15) is 9.59 Å². The lowest BCUT2D eigenvalue weighted by atomic mass is 10.0. The molecule has 0 aliphatic rings. The van der Waals surface area contributed by atoms with E-state index in [0.29, 0.717) is 10.6 Å². The van der Waals surface area contributed by atoms with E-state index in [1.165, 1.54) is 0 Å². The molecule has 0 fully saturated rings. The Kier molecular flexibility index (Phi) is 7.22. The molecule has 0 bridgehead atoms. The van der Waals surface area contributed by atoms with Gasteiger partial charge in [-0.2, -0.15) is 0 Å². The summed E-state index contributed by atoms with van der Waals surface area (Å²) in [5.74, 6) is -0.302. The second kappa shape index (κ2) is 9.39. The highest BCUT2D eigenvalue weighted by Crippen LogP contribution is 2.29. The molecule has 2 amide bonds. The molecule has 2 N–H and O–H groups in total. The van der Waals surface area contributed by atoms with E-state index in [2.05, 4.69) is 10.6 Å². The third-order valence-electron chi connectivity index (χ3n) is 4.37. The first-order valence-electron chi connectivity index (χ1n) is 8.91. The molecule has 0 unspecified atom stereocenters. The van der Waals surface area contributed by atoms with E-state index in [1.54, 1.807) is 6.07 Å². The largest absolute Gasteiger partial charge is 0.352 e. The zero-order chi connectivity index (χ0) is 19.1. The second-order valence-electron chi connectivity index (χ2n) is 6.14. The van der Waals surface area contributed by atoms with Crippen molar-refractivity contribution in [3.05, 3.63) is 63.7 Å². The van der Waals surface area contributed by atoms with E-state index in [-0.39, 0.29) is 24.8 Å². The highest BCUT2D eigenvalue weighted by atomic mass is 35.5. The predicted octanol–water partition coefficient (Wildman–Crippen LogP) is 4.53. The minimum atomic E-state index is -0.165. The van der Waals surface area contributed by atoms with Gasteiger partial charge in [0.05, 0.1) is 0 Å². The number of aryl methyl sites for hydroxylation is 2. The molecule has 0 aromatic heterocycles. The number of anilines is 1. The number of halogens is 1. The van der Waals surface area contributed by atoms with Crippen molar-refractivity contribution in [1.82, 2.24) is 5.32 Å². The zero-order valence-electron chi connectivity index (χ0n) is 15.5. The number of hydrogen-bond donors (Lipinski definition) is 2. The number of benzene rings is 2. The molecule has 2 rings (SSSR count). The molecule has 2 aromatic carbocycles. The molecule has 138 valence electrons. The highest BCUT2D eigenvalue weighted by molar-refractivity contribution is 6.32. The SMILES string of the molecule is CCc1ccc(Cl)c(CC)c1NC(=O)CCNC(=O)c1ccccc1C. The quantitative estimate of drug-likeness (QED) is 0.750. The van der Waals surface area contributed by atoms with Crippen LogP contribution in [-0.2, 0) is 17.6 Å². The highest BCUT2D eigenvalue weighted by Gasteiger charge is 2.14. The monoisotopic (exact) mass is 372 g/mol. The van der Waals surface area contributed by atoms with Crippen LogP contribution in [0.4, 0.5) is 5.69 Å². The summed E-state index contributed by atoms with van der Waals surface area (Å²) in [7, 11) is 0. The number of nitrogens with one attached hydrogen (secondary N) is 2. The summed E-state index contributed by atoms with van der Waals surface area (Å²) in [6, 6.07) is 11.2. The first-order valence-corrected chi connectivity index (χ1v) is 9.29. The van der Waals surface area contributed by atoms with Crippen LogP contribution in [-0.4, -0.2) is 18.4 Å². The standard InChI is InChI=1S/C21H25ClN2O2/c1-4-15-10-11-18(22)16(5-2)20(15)24-19(25)12-13-23-21(26)17-9-7-6-8-14(17)3/h6-11H,4-5,12-13H2,1-3H3,(H,23,26)(H,24,25). The number of carbonyl (C=O) groups excluding carboxylic acids is 2. The minimum absolute atomic E-state index is 0.137. The lowest BCUT2D eigenvalue weighted by Gasteiger charge is -2.16. The van der Waals surface area contributed by atoms with Gasteiger partial charge in [-0.05, 0) is 48.6 Å². The maximum absolute atomic E-state index is 12.3. The zero-order valence-corrected chi connectivity index (χ0v) is 16.2. The van der Waals surface area contributed by atoms with Crippen molar-refractivity contribution in [1.29, 1.82) is 0 Å². The molecule has 0 heterocycles. The van der Waals surface area contributed by atoms with Gasteiger partial charge in [0, 0.05) is 29.2 Å². The van der Waals surface area contributed by atoms with E-state index in [0.717, 1.165) is 35.2 Å². The number of amides is 2. The van der Waals surface area contributed by atoms with E-state index < -0.39 is 0 Å². The third-order valence-corrected chi connectivity index (χ3v) is 4.72. The number of carbonyl (C=O) groups is 2. The molecule has 0 saturated carbocycles. The summed E-state index contributed by atoms with van der Waals surface area (Å²) in [5, 5.41) is 6.43. The van der Waals surface area contributed by atoms with E-state index in [4.69, 9.17) is 11.6 Å². The van der Waals surface area contributed by atoms with Crippen LogP contribution in [0.2, 0.25) is 5.02 Å². The first kappa shape index (κ1) is 20.0. The van der Waals surface area contributed by atoms with Gasteiger partial charge < -0.3 is 10.6 Å². The predicted molar refractivity (Wildman–Crippen MR) is 107 cm³/mol. The maximum atomic E-state index is 12.3. The third kappa shape index (κ3) is 4.85. The molecule has 0 aliphatic carbocycles. The van der Waals surface area contributed by atoms with Crippen LogP contribution in [0, 0.1) is 6.92 Å². The molecule has 5 heteroatoms. The summed E-state index contributed by atoms with van der Waals surface area (Å²) in [6.45, 7) is 6.22. The Hall–Kier alpha value is -2.33. The van der Waals surface area contributed by atoms with Crippen LogP contribution in [0.25, 0.3) is 0 Å². The first-order chi connectivity index (χ1) is 12.5.